The van der Waals surface area contributed by atoms with Gasteiger partial charge in [-0.3, -0.25) is 9.36 Å². The van der Waals surface area contributed by atoms with Gasteiger partial charge in [0.2, 0.25) is 0 Å². The predicted molar refractivity (Wildman–Crippen MR) is 64.2 cm³/mol. The van der Waals surface area contributed by atoms with E-state index in [4.69, 9.17) is 0 Å². The van der Waals surface area contributed by atoms with Crippen LogP contribution in [0.4, 0.5) is 0 Å². The highest BCUT2D eigenvalue weighted by Crippen LogP contribution is 1.97. The minimum absolute atomic E-state index is 0.866. The van der Waals surface area contributed by atoms with Crippen LogP contribution in [0.5, 0.6) is 0 Å². The molecule has 2 heterocycles. The molecule has 6 nitrogen and oxygen atoms in total. The molecule has 2 rings (SSSR count). The number of aromatic nitrogens is 5. The molecule has 0 radical (unpaired) electrons. The van der Waals surface area contributed by atoms with E-state index in [2.05, 4.69) is 27.7 Å². The molecule has 1 N–H and O–H groups in total. The van der Waals surface area contributed by atoms with Crippen molar-refractivity contribution in [1.29, 1.82) is 0 Å². The average Bonchev–Trinajstić information content (AvgIpc) is 2.98. The van der Waals surface area contributed by atoms with E-state index in [1.54, 1.807) is 6.20 Å². The number of aryl methyl sites for hydroxylation is 2. The van der Waals surface area contributed by atoms with Gasteiger partial charge < -0.3 is 5.32 Å². The van der Waals surface area contributed by atoms with Gasteiger partial charge in [-0.2, -0.15) is 5.10 Å². The molecule has 2 aromatic heterocycles. The molecule has 0 fully saturated rings. The minimum Gasteiger partial charge on any atom is -0.311 e. The summed E-state index contributed by atoms with van der Waals surface area (Å²) in [5.41, 5.74) is 1.23. The summed E-state index contributed by atoms with van der Waals surface area (Å²) in [6.45, 7) is 5.75. The van der Waals surface area contributed by atoms with Gasteiger partial charge in [-0.1, -0.05) is 5.21 Å². The maximum Gasteiger partial charge on any atom is 0.0692 e. The summed E-state index contributed by atoms with van der Waals surface area (Å²) in [7, 11) is 0. The van der Waals surface area contributed by atoms with Crippen molar-refractivity contribution in [2.24, 2.45) is 0 Å². The second-order valence-corrected chi connectivity index (χ2v) is 3.83. The van der Waals surface area contributed by atoms with Crippen molar-refractivity contribution < 1.29 is 0 Å². The van der Waals surface area contributed by atoms with E-state index in [0.717, 1.165) is 32.6 Å². The van der Waals surface area contributed by atoms with Crippen molar-refractivity contribution >= 4 is 0 Å². The largest absolute Gasteiger partial charge is 0.311 e. The standard InChI is InChI=1S/C11H18N6/c1-2-17-11(4-6-14-17)10-12-5-3-8-16-9-7-13-15-16/h4,6-7,9,12H,2-3,5,8,10H2,1H3. The molecule has 0 amide bonds. The highest BCUT2D eigenvalue weighted by molar-refractivity contribution is 4.99. The Balaban J connectivity index is 1.63. The second kappa shape index (κ2) is 6.15. The van der Waals surface area contributed by atoms with Crippen molar-refractivity contribution in [3.05, 3.63) is 30.4 Å². The smallest absolute Gasteiger partial charge is 0.0692 e. The average molecular weight is 234 g/mol. The molecule has 2 aromatic rings. The Morgan fingerprint density at radius 3 is 3.06 bits per heavy atom. The molecule has 92 valence electrons. The van der Waals surface area contributed by atoms with Crippen LogP contribution in [0, 0.1) is 0 Å². The summed E-state index contributed by atoms with van der Waals surface area (Å²) < 4.78 is 3.85. The Morgan fingerprint density at radius 1 is 1.35 bits per heavy atom. The number of nitrogens with one attached hydrogen (secondary N) is 1. The van der Waals surface area contributed by atoms with Crippen molar-refractivity contribution in [1.82, 2.24) is 30.1 Å². The van der Waals surface area contributed by atoms with Crippen LogP contribution in [0.25, 0.3) is 0 Å². The van der Waals surface area contributed by atoms with E-state index >= 15 is 0 Å². The summed E-state index contributed by atoms with van der Waals surface area (Å²) in [4.78, 5) is 0. The van der Waals surface area contributed by atoms with Crippen LogP contribution in [0.1, 0.15) is 19.0 Å². The summed E-state index contributed by atoms with van der Waals surface area (Å²) in [5.74, 6) is 0. The zero-order chi connectivity index (χ0) is 11.9. The van der Waals surface area contributed by atoms with Gasteiger partial charge in [0, 0.05) is 32.0 Å². The van der Waals surface area contributed by atoms with Crippen molar-refractivity contribution in [2.45, 2.75) is 33.0 Å². The molecule has 0 bridgehead atoms. The lowest BCUT2D eigenvalue weighted by Crippen LogP contribution is -2.19. The Labute approximate surface area is 101 Å². The van der Waals surface area contributed by atoms with Gasteiger partial charge in [0.05, 0.1) is 11.9 Å². The third kappa shape index (κ3) is 3.39. The van der Waals surface area contributed by atoms with Crippen LogP contribution < -0.4 is 5.32 Å². The number of nitrogens with zero attached hydrogens (tertiary/aromatic N) is 5. The molecular formula is C11H18N6. The summed E-state index contributed by atoms with van der Waals surface area (Å²) >= 11 is 0. The first kappa shape index (κ1) is 11.8. The lowest BCUT2D eigenvalue weighted by molar-refractivity contribution is 0.518. The van der Waals surface area contributed by atoms with Crippen molar-refractivity contribution in [3.63, 3.8) is 0 Å². The molecule has 17 heavy (non-hydrogen) atoms. The van der Waals surface area contributed by atoms with Crippen LogP contribution >= 0.6 is 0 Å². The Hall–Kier alpha value is -1.69. The van der Waals surface area contributed by atoms with Gasteiger partial charge in [-0.15, -0.1) is 5.10 Å². The molecule has 0 atom stereocenters. The van der Waals surface area contributed by atoms with Crippen molar-refractivity contribution in [3.8, 4) is 0 Å². The normalized spacial score (nSPS) is 10.9. The minimum atomic E-state index is 0.866. The fraction of sp³-hybridized carbons (Fsp3) is 0.545. The third-order valence-electron chi connectivity index (χ3n) is 2.62. The molecule has 0 aliphatic heterocycles. The fourth-order valence-electron chi connectivity index (χ4n) is 1.73. The van der Waals surface area contributed by atoms with Crippen LogP contribution in [0.2, 0.25) is 0 Å². The van der Waals surface area contributed by atoms with E-state index in [0.29, 0.717) is 0 Å². The molecule has 0 aliphatic rings. The monoisotopic (exact) mass is 234 g/mol. The number of hydrogen-bond donors (Lipinski definition) is 1. The zero-order valence-corrected chi connectivity index (χ0v) is 10.1. The molecule has 0 saturated heterocycles. The van der Waals surface area contributed by atoms with E-state index in [1.165, 1.54) is 5.69 Å². The fourth-order valence-corrected chi connectivity index (χ4v) is 1.73. The zero-order valence-electron chi connectivity index (χ0n) is 10.1. The van der Waals surface area contributed by atoms with Crippen LogP contribution in [-0.2, 0) is 19.6 Å². The van der Waals surface area contributed by atoms with Gasteiger partial charge in [-0.05, 0) is 26.0 Å². The van der Waals surface area contributed by atoms with E-state index in [1.807, 2.05) is 27.8 Å². The van der Waals surface area contributed by atoms with Gasteiger partial charge >= 0.3 is 0 Å². The Kier molecular flexibility index (Phi) is 4.26. The summed E-state index contributed by atoms with van der Waals surface area (Å²) in [6.07, 6.45) is 6.47. The predicted octanol–water partition coefficient (Wildman–Crippen LogP) is 0.674. The Bertz CT molecular complexity index is 419. The lowest BCUT2D eigenvalue weighted by atomic mass is 10.3. The summed E-state index contributed by atoms with van der Waals surface area (Å²) in [5, 5.41) is 15.3. The van der Waals surface area contributed by atoms with Crippen LogP contribution in [0.3, 0.4) is 0 Å². The molecule has 0 aliphatic carbocycles. The number of rotatable bonds is 7. The van der Waals surface area contributed by atoms with Gasteiger partial charge in [0.25, 0.3) is 0 Å². The topological polar surface area (TPSA) is 60.6 Å². The maximum atomic E-state index is 4.23. The third-order valence-corrected chi connectivity index (χ3v) is 2.62. The highest BCUT2D eigenvalue weighted by Gasteiger charge is 1.99. The number of hydrogen-bond acceptors (Lipinski definition) is 4. The molecule has 0 spiro atoms. The maximum absolute atomic E-state index is 4.23. The Morgan fingerprint density at radius 2 is 2.29 bits per heavy atom. The van der Waals surface area contributed by atoms with Crippen LogP contribution in [0.15, 0.2) is 24.7 Å². The molecule has 0 saturated carbocycles. The van der Waals surface area contributed by atoms with Crippen LogP contribution in [-0.4, -0.2) is 31.3 Å². The highest BCUT2D eigenvalue weighted by atomic mass is 15.4. The molecular weight excluding hydrogens is 216 g/mol. The quantitative estimate of drug-likeness (QED) is 0.715. The van der Waals surface area contributed by atoms with Gasteiger partial charge in [-0.25, -0.2) is 0 Å². The van der Waals surface area contributed by atoms with E-state index < -0.39 is 0 Å². The molecule has 0 aromatic carbocycles. The molecule has 0 unspecified atom stereocenters. The first-order valence-electron chi connectivity index (χ1n) is 5.95. The van der Waals surface area contributed by atoms with Crippen molar-refractivity contribution in [2.75, 3.05) is 6.54 Å². The van der Waals surface area contributed by atoms with E-state index in [-0.39, 0.29) is 0 Å². The molecule has 6 heteroatoms. The van der Waals surface area contributed by atoms with Gasteiger partial charge in [0.1, 0.15) is 0 Å². The SMILES string of the molecule is CCn1nccc1CNCCCn1ccnn1. The van der Waals surface area contributed by atoms with E-state index in [9.17, 15) is 0 Å². The van der Waals surface area contributed by atoms with Gasteiger partial charge in [0.15, 0.2) is 0 Å². The summed E-state index contributed by atoms with van der Waals surface area (Å²) in [6, 6.07) is 2.05. The second-order valence-electron chi connectivity index (χ2n) is 3.83. The first-order chi connectivity index (χ1) is 8.40. The lowest BCUT2D eigenvalue weighted by Gasteiger charge is -2.06. The first-order valence-corrected chi connectivity index (χ1v) is 5.95.